The summed E-state index contributed by atoms with van der Waals surface area (Å²) in [6.07, 6.45) is -4.86. The first-order valence-electron chi connectivity index (χ1n) is 6.21. The molecular formula is C15H14F3NO2. The number of aryl methyl sites for hydroxylation is 2. The van der Waals surface area contributed by atoms with Crippen molar-refractivity contribution in [3.8, 4) is 22.8 Å². The maximum absolute atomic E-state index is 12.3. The van der Waals surface area contributed by atoms with Crippen molar-refractivity contribution in [2.24, 2.45) is 0 Å². The van der Waals surface area contributed by atoms with Gasteiger partial charge in [0.25, 0.3) is 0 Å². The third-order valence-corrected chi connectivity index (χ3v) is 3.26. The van der Waals surface area contributed by atoms with E-state index in [1.165, 1.54) is 6.07 Å². The lowest BCUT2D eigenvalue weighted by molar-refractivity contribution is -0.275. The number of rotatable bonds is 2. The highest BCUT2D eigenvalue weighted by molar-refractivity contribution is 5.65. The number of phenolic OH excluding ortho intramolecular Hbond substituents is 1. The van der Waals surface area contributed by atoms with E-state index in [9.17, 15) is 18.3 Å². The number of hydrogen-bond acceptors (Lipinski definition) is 3. The van der Waals surface area contributed by atoms with E-state index in [-0.39, 0.29) is 0 Å². The van der Waals surface area contributed by atoms with Gasteiger partial charge < -0.3 is 9.84 Å². The molecule has 2 rings (SSSR count). The number of halogens is 3. The number of aromatic hydroxyl groups is 1. The molecule has 1 aromatic carbocycles. The van der Waals surface area contributed by atoms with Crippen molar-refractivity contribution < 1.29 is 23.0 Å². The highest BCUT2D eigenvalue weighted by Gasteiger charge is 2.32. The molecule has 0 saturated heterocycles. The van der Waals surface area contributed by atoms with E-state index in [2.05, 4.69) is 9.72 Å². The minimum atomic E-state index is -4.86. The highest BCUT2D eigenvalue weighted by atomic mass is 19.4. The van der Waals surface area contributed by atoms with Gasteiger partial charge in [0, 0.05) is 11.3 Å². The van der Waals surface area contributed by atoms with Crippen molar-refractivity contribution in [2.75, 3.05) is 0 Å². The molecule has 1 N–H and O–H groups in total. The van der Waals surface area contributed by atoms with Crippen LogP contribution in [0.25, 0.3) is 11.3 Å². The van der Waals surface area contributed by atoms with E-state index >= 15 is 0 Å². The molecule has 0 saturated carbocycles. The van der Waals surface area contributed by atoms with Gasteiger partial charge >= 0.3 is 6.36 Å². The summed E-state index contributed by atoms with van der Waals surface area (Å²) >= 11 is 0. The monoisotopic (exact) mass is 297 g/mol. The van der Waals surface area contributed by atoms with Crippen molar-refractivity contribution in [3.05, 3.63) is 41.1 Å². The molecule has 0 radical (unpaired) electrons. The van der Waals surface area contributed by atoms with E-state index in [0.717, 1.165) is 29.0 Å². The first kappa shape index (κ1) is 15.2. The Hall–Kier alpha value is -2.24. The Morgan fingerprint density at radius 1 is 1.10 bits per heavy atom. The first-order chi connectivity index (χ1) is 9.67. The van der Waals surface area contributed by atoms with E-state index in [4.69, 9.17) is 0 Å². The molecule has 21 heavy (non-hydrogen) atoms. The molecule has 0 spiro atoms. The normalized spacial score (nSPS) is 11.5. The Morgan fingerprint density at radius 3 is 2.33 bits per heavy atom. The number of ether oxygens (including phenoxy) is 1. The summed E-state index contributed by atoms with van der Waals surface area (Å²) in [6.45, 7) is 5.66. The number of nitrogens with zero attached hydrogens (tertiary/aromatic N) is 1. The van der Waals surface area contributed by atoms with E-state index in [0.29, 0.717) is 11.3 Å². The molecule has 0 bridgehead atoms. The zero-order valence-corrected chi connectivity index (χ0v) is 11.7. The summed E-state index contributed by atoms with van der Waals surface area (Å²) in [6, 6.07) is 5.56. The lowest BCUT2D eigenvalue weighted by Crippen LogP contribution is -2.17. The number of aromatic nitrogens is 1. The molecule has 0 amide bonds. The van der Waals surface area contributed by atoms with Gasteiger partial charge in [0.05, 0.1) is 5.69 Å². The molecular weight excluding hydrogens is 283 g/mol. The lowest BCUT2D eigenvalue weighted by atomic mass is 10.0. The molecule has 0 unspecified atom stereocenters. The third kappa shape index (κ3) is 3.45. The number of benzene rings is 1. The maximum Gasteiger partial charge on any atom is 0.573 e. The largest absolute Gasteiger partial charge is 0.573 e. The predicted octanol–water partition coefficient (Wildman–Crippen LogP) is 4.28. The van der Waals surface area contributed by atoms with E-state index < -0.39 is 17.9 Å². The molecule has 0 aliphatic carbocycles. The van der Waals surface area contributed by atoms with Crippen molar-refractivity contribution in [1.82, 2.24) is 4.98 Å². The summed E-state index contributed by atoms with van der Waals surface area (Å²) in [5.41, 5.74) is 3.80. The summed E-state index contributed by atoms with van der Waals surface area (Å²) in [5.74, 6) is -1.21. The molecule has 3 nitrogen and oxygen atoms in total. The Kier molecular flexibility index (Phi) is 3.80. The zero-order chi connectivity index (χ0) is 15.8. The van der Waals surface area contributed by atoms with Crippen LogP contribution < -0.4 is 4.74 Å². The van der Waals surface area contributed by atoms with Crippen molar-refractivity contribution in [1.29, 1.82) is 0 Å². The molecule has 6 heteroatoms. The van der Waals surface area contributed by atoms with Crippen LogP contribution in [0, 0.1) is 20.8 Å². The Balaban J connectivity index is 2.48. The van der Waals surface area contributed by atoms with Crippen molar-refractivity contribution >= 4 is 0 Å². The minimum Gasteiger partial charge on any atom is -0.504 e. The molecule has 0 atom stereocenters. The molecule has 1 aromatic heterocycles. The van der Waals surface area contributed by atoms with Crippen LogP contribution in [-0.4, -0.2) is 16.5 Å². The third-order valence-electron chi connectivity index (χ3n) is 3.26. The molecule has 1 heterocycles. The summed E-state index contributed by atoms with van der Waals surface area (Å²) in [7, 11) is 0. The van der Waals surface area contributed by atoms with Gasteiger partial charge in [0.15, 0.2) is 11.5 Å². The van der Waals surface area contributed by atoms with Crippen molar-refractivity contribution in [3.63, 3.8) is 0 Å². The number of alkyl halides is 3. The molecule has 0 aliphatic rings. The molecule has 2 aromatic rings. The van der Waals surface area contributed by atoms with Gasteiger partial charge in [-0.3, -0.25) is 4.98 Å². The van der Waals surface area contributed by atoms with Gasteiger partial charge in [-0.25, -0.2) is 0 Å². The van der Waals surface area contributed by atoms with Crippen LogP contribution in [0.5, 0.6) is 11.5 Å². The smallest absolute Gasteiger partial charge is 0.504 e. The van der Waals surface area contributed by atoms with Crippen LogP contribution in [0.15, 0.2) is 24.3 Å². The van der Waals surface area contributed by atoms with E-state index in [1.807, 2.05) is 20.8 Å². The van der Waals surface area contributed by atoms with Gasteiger partial charge in [-0.1, -0.05) is 0 Å². The molecule has 112 valence electrons. The van der Waals surface area contributed by atoms with Crippen LogP contribution in [0.1, 0.15) is 16.8 Å². The number of hydrogen-bond donors (Lipinski definition) is 1. The van der Waals surface area contributed by atoms with Crippen LogP contribution in [0.2, 0.25) is 0 Å². The van der Waals surface area contributed by atoms with Gasteiger partial charge in [0.1, 0.15) is 0 Å². The molecule has 0 fully saturated rings. The predicted molar refractivity (Wildman–Crippen MR) is 72.2 cm³/mol. The average Bonchev–Trinajstić information content (AvgIpc) is 2.36. The van der Waals surface area contributed by atoms with Gasteiger partial charge in [0.2, 0.25) is 0 Å². The fourth-order valence-corrected chi connectivity index (χ4v) is 1.92. The SMILES string of the molecule is Cc1cc(-c2ccc(O)c(OC(F)(F)F)c2)nc(C)c1C. The second-order valence-electron chi connectivity index (χ2n) is 4.77. The zero-order valence-electron chi connectivity index (χ0n) is 11.7. The summed E-state index contributed by atoms with van der Waals surface area (Å²) in [4.78, 5) is 4.35. The lowest BCUT2D eigenvalue weighted by Gasteiger charge is -2.13. The Bertz CT molecular complexity index is 658. The molecule has 0 aliphatic heterocycles. The van der Waals surface area contributed by atoms with E-state index in [1.54, 1.807) is 6.07 Å². The van der Waals surface area contributed by atoms with Gasteiger partial charge in [-0.15, -0.1) is 13.2 Å². The standard InChI is InChI=1S/C15H14F3NO2/c1-8-6-12(19-10(3)9(8)2)11-4-5-13(20)14(7-11)21-15(16,17)18/h4-7,20H,1-3H3. The fourth-order valence-electron chi connectivity index (χ4n) is 1.92. The topological polar surface area (TPSA) is 42.4 Å². The summed E-state index contributed by atoms with van der Waals surface area (Å²) < 4.78 is 40.7. The first-order valence-corrected chi connectivity index (χ1v) is 6.21. The number of pyridine rings is 1. The number of phenols is 1. The van der Waals surface area contributed by atoms with Gasteiger partial charge in [-0.2, -0.15) is 0 Å². The fraction of sp³-hybridized carbons (Fsp3) is 0.267. The second kappa shape index (κ2) is 5.27. The van der Waals surface area contributed by atoms with Crippen LogP contribution in [0.4, 0.5) is 13.2 Å². The summed E-state index contributed by atoms with van der Waals surface area (Å²) in [5, 5.41) is 9.45. The second-order valence-corrected chi connectivity index (χ2v) is 4.77. The minimum absolute atomic E-state index is 0.443. The quantitative estimate of drug-likeness (QED) is 0.899. The van der Waals surface area contributed by atoms with Crippen LogP contribution >= 0.6 is 0 Å². The maximum atomic E-state index is 12.3. The average molecular weight is 297 g/mol. The Morgan fingerprint density at radius 2 is 1.76 bits per heavy atom. The van der Waals surface area contributed by atoms with Crippen LogP contribution in [0.3, 0.4) is 0 Å². The van der Waals surface area contributed by atoms with Crippen molar-refractivity contribution in [2.45, 2.75) is 27.1 Å². The van der Waals surface area contributed by atoms with Crippen LogP contribution in [-0.2, 0) is 0 Å². The van der Waals surface area contributed by atoms with Gasteiger partial charge in [-0.05, 0) is 56.2 Å². The highest BCUT2D eigenvalue weighted by Crippen LogP contribution is 2.35. The Labute approximate surface area is 120 Å².